The second-order valence-corrected chi connectivity index (χ2v) is 6.64. The Hall–Kier alpha value is -0.340. The van der Waals surface area contributed by atoms with Gasteiger partial charge in [0.1, 0.15) is 0 Å². The fourth-order valence-corrected chi connectivity index (χ4v) is 2.71. The molecule has 0 spiro atoms. The molecule has 0 bridgehead atoms. The third-order valence-corrected chi connectivity index (χ3v) is 4.77. The zero-order valence-electron chi connectivity index (χ0n) is 10.2. The summed E-state index contributed by atoms with van der Waals surface area (Å²) in [5.41, 5.74) is 4.62. The summed E-state index contributed by atoms with van der Waals surface area (Å²) in [5.74, 6) is -0.521. The van der Waals surface area contributed by atoms with Gasteiger partial charge in [-0.15, -0.1) is 0 Å². The van der Waals surface area contributed by atoms with Crippen LogP contribution in [0.5, 0.6) is 0 Å². The molecule has 0 aliphatic rings. The van der Waals surface area contributed by atoms with Gasteiger partial charge in [-0.3, -0.25) is 0 Å². The van der Waals surface area contributed by atoms with Gasteiger partial charge in [0.2, 0.25) is 10.0 Å². The van der Waals surface area contributed by atoms with Gasteiger partial charge in [0.25, 0.3) is 0 Å². The van der Waals surface area contributed by atoms with Crippen LogP contribution in [0, 0.1) is 0 Å². The van der Waals surface area contributed by atoms with Crippen molar-refractivity contribution in [3.8, 4) is 0 Å². The minimum atomic E-state index is -4.32. The molecular formula is C9H19F3N2O2S. The first kappa shape index (κ1) is 16.7. The van der Waals surface area contributed by atoms with Gasteiger partial charge in [-0.2, -0.15) is 17.5 Å². The Balaban J connectivity index is 4.50. The van der Waals surface area contributed by atoms with E-state index in [0.717, 1.165) is 4.31 Å². The lowest BCUT2D eigenvalue weighted by Crippen LogP contribution is -2.50. The molecule has 0 saturated heterocycles. The van der Waals surface area contributed by atoms with Crippen molar-refractivity contribution in [3.05, 3.63) is 0 Å². The zero-order chi connectivity index (χ0) is 13.9. The second kappa shape index (κ2) is 5.53. The van der Waals surface area contributed by atoms with E-state index < -0.39 is 40.3 Å². The summed E-state index contributed by atoms with van der Waals surface area (Å²) in [6.07, 6.45) is -5.85. The third kappa shape index (κ3) is 5.69. The molecule has 0 aromatic rings. The van der Waals surface area contributed by atoms with E-state index in [1.165, 1.54) is 7.05 Å². The van der Waals surface area contributed by atoms with Gasteiger partial charge in [0.15, 0.2) is 0 Å². The normalized spacial score (nSPS) is 14.4. The van der Waals surface area contributed by atoms with Crippen LogP contribution in [-0.2, 0) is 10.0 Å². The molecule has 2 N–H and O–H groups in total. The molecule has 0 aromatic heterocycles. The molecule has 0 rings (SSSR count). The molecule has 0 unspecified atom stereocenters. The van der Waals surface area contributed by atoms with E-state index in [1.54, 1.807) is 13.8 Å². The highest BCUT2D eigenvalue weighted by molar-refractivity contribution is 7.89. The zero-order valence-corrected chi connectivity index (χ0v) is 11.0. The largest absolute Gasteiger partial charge is 0.389 e. The molecule has 8 heteroatoms. The Bertz CT molecular complexity index is 339. The number of hydrogen-bond acceptors (Lipinski definition) is 3. The molecule has 0 saturated carbocycles. The van der Waals surface area contributed by atoms with Crippen molar-refractivity contribution < 1.29 is 21.6 Å². The van der Waals surface area contributed by atoms with E-state index in [9.17, 15) is 21.6 Å². The second-order valence-electron chi connectivity index (χ2n) is 4.52. The molecular weight excluding hydrogens is 257 g/mol. The van der Waals surface area contributed by atoms with E-state index in [-0.39, 0.29) is 6.54 Å². The predicted octanol–water partition coefficient (Wildman–Crippen LogP) is 1.33. The first-order chi connectivity index (χ1) is 7.42. The molecule has 0 aliphatic carbocycles. The van der Waals surface area contributed by atoms with Crippen molar-refractivity contribution in [2.45, 2.75) is 38.4 Å². The smallest absolute Gasteiger partial charge is 0.329 e. The maximum absolute atomic E-state index is 11.9. The lowest BCUT2D eigenvalue weighted by Gasteiger charge is -2.33. The highest BCUT2D eigenvalue weighted by atomic mass is 32.2. The molecule has 0 amide bonds. The fraction of sp³-hybridized carbons (Fsp3) is 1.00. The molecule has 17 heavy (non-hydrogen) atoms. The van der Waals surface area contributed by atoms with Crippen LogP contribution in [0.3, 0.4) is 0 Å². The highest BCUT2D eigenvalue weighted by Crippen LogP contribution is 2.23. The molecule has 0 radical (unpaired) electrons. The van der Waals surface area contributed by atoms with Crippen LogP contribution in [0.2, 0.25) is 0 Å². The monoisotopic (exact) mass is 276 g/mol. The van der Waals surface area contributed by atoms with Crippen molar-refractivity contribution in [1.29, 1.82) is 0 Å². The van der Waals surface area contributed by atoms with Crippen LogP contribution >= 0.6 is 0 Å². The van der Waals surface area contributed by atoms with Crippen molar-refractivity contribution >= 4 is 10.0 Å². The number of rotatable bonds is 6. The number of nitrogens with zero attached hydrogens (tertiary/aromatic N) is 1. The average Bonchev–Trinajstić information content (AvgIpc) is 2.14. The summed E-state index contributed by atoms with van der Waals surface area (Å²) in [6, 6.07) is 0. The Morgan fingerprint density at radius 1 is 1.24 bits per heavy atom. The van der Waals surface area contributed by atoms with Crippen LogP contribution < -0.4 is 5.73 Å². The molecule has 0 fully saturated rings. The van der Waals surface area contributed by atoms with Gasteiger partial charge in [0, 0.05) is 25.6 Å². The van der Waals surface area contributed by atoms with Crippen molar-refractivity contribution in [1.82, 2.24) is 4.31 Å². The number of sulfonamides is 1. The van der Waals surface area contributed by atoms with E-state index in [1.807, 2.05) is 0 Å². The van der Waals surface area contributed by atoms with Crippen LogP contribution in [0.15, 0.2) is 0 Å². The Labute approximate surface area is 100 Å². The van der Waals surface area contributed by atoms with E-state index >= 15 is 0 Å². The van der Waals surface area contributed by atoms with Gasteiger partial charge in [0.05, 0.1) is 5.75 Å². The van der Waals surface area contributed by atoms with Crippen LogP contribution in [0.1, 0.15) is 26.7 Å². The summed E-state index contributed by atoms with van der Waals surface area (Å²) in [6.45, 7) is 3.34. The van der Waals surface area contributed by atoms with Gasteiger partial charge in [-0.25, -0.2) is 8.42 Å². The first-order valence-electron chi connectivity index (χ1n) is 5.16. The molecule has 0 heterocycles. The summed E-state index contributed by atoms with van der Waals surface area (Å²) in [4.78, 5) is 0. The van der Waals surface area contributed by atoms with E-state index in [0.29, 0.717) is 0 Å². The maximum atomic E-state index is 11.9. The van der Waals surface area contributed by atoms with E-state index in [2.05, 4.69) is 0 Å². The van der Waals surface area contributed by atoms with Crippen LogP contribution in [0.25, 0.3) is 0 Å². The van der Waals surface area contributed by atoms with Gasteiger partial charge in [-0.1, -0.05) is 0 Å². The summed E-state index contributed by atoms with van der Waals surface area (Å²) in [7, 11) is -2.37. The molecule has 0 aliphatic heterocycles. The summed E-state index contributed by atoms with van der Waals surface area (Å²) < 4.78 is 60.2. The standard InChI is InChI=1S/C9H19F3N2O2S/c1-8(2,7-13)14(3)17(15,16)6-4-5-9(10,11)12/h4-7,13H2,1-3H3. The van der Waals surface area contributed by atoms with Crippen LogP contribution in [0.4, 0.5) is 13.2 Å². The first-order valence-corrected chi connectivity index (χ1v) is 6.77. The fourth-order valence-electron chi connectivity index (χ4n) is 1.10. The summed E-state index contributed by atoms with van der Waals surface area (Å²) >= 11 is 0. The molecule has 4 nitrogen and oxygen atoms in total. The average molecular weight is 276 g/mol. The Kier molecular flexibility index (Phi) is 5.42. The Morgan fingerprint density at radius 3 is 2.06 bits per heavy atom. The van der Waals surface area contributed by atoms with Gasteiger partial charge >= 0.3 is 6.18 Å². The molecule has 0 aromatic carbocycles. The lowest BCUT2D eigenvalue weighted by atomic mass is 10.1. The number of likely N-dealkylation sites (N-methyl/N-ethyl adjacent to an activating group) is 1. The highest BCUT2D eigenvalue weighted by Gasteiger charge is 2.33. The van der Waals surface area contributed by atoms with Crippen LogP contribution in [-0.4, -0.2) is 43.8 Å². The van der Waals surface area contributed by atoms with Gasteiger partial charge in [-0.05, 0) is 20.3 Å². The predicted molar refractivity (Wildman–Crippen MR) is 60.0 cm³/mol. The third-order valence-electron chi connectivity index (χ3n) is 2.63. The minimum Gasteiger partial charge on any atom is -0.329 e. The SMILES string of the molecule is CN(C(C)(C)CN)S(=O)(=O)CCCC(F)(F)F. The van der Waals surface area contributed by atoms with Crippen molar-refractivity contribution in [2.24, 2.45) is 5.73 Å². The quantitative estimate of drug-likeness (QED) is 0.796. The summed E-state index contributed by atoms with van der Waals surface area (Å²) in [5, 5.41) is 0. The number of halogens is 3. The van der Waals surface area contributed by atoms with Gasteiger partial charge < -0.3 is 5.73 Å². The Morgan fingerprint density at radius 2 is 1.71 bits per heavy atom. The molecule has 0 atom stereocenters. The lowest BCUT2D eigenvalue weighted by molar-refractivity contribution is -0.134. The topological polar surface area (TPSA) is 63.4 Å². The number of hydrogen-bond donors (Lipinski definition) is 1. The number of nitrogens with two attached hydrogens (primary N) is 1. The van der Waals surface area contributed by atoms with Crippen molar-refractivity contribution in [3.63, 3.8) is 0 Å². The molecule has 104 valence electrons. The number of alkyl halides is 3. The van der Waals surface area contributed by atoms with Crippen molar-refractivity contribution in [2.75, 3.05) is 19.3 Å². The minimum absolute atomic E-state index is 0.0992. The van der Waals surface area contributed by atoms with E-state index in [4.69, 9.17) is 5.73 Å². The maximum Gasteiger partial charge on any atom is 0.389 e.